The molecule has 2 N–H and O–H groups in total. The summed E-state index contributed by atoms with van der Waals surface area (Å²) in [6.45, 7) is 3.90. The van der Waals surface area contributed by atoms with Crippen molar-refractivity contribution in [1.82, 2.24) is 10.6 Å². The summed E-state index contributed by atoms with van der Waals surface area (Å²) < 4.78 is 5.25. The molecular weight excluding hydrogens is 204 g/mol. The van der Waals surface area contributed by atoms with Crippen LogP contribution in [0.25, 0.3) is 0 Å². The first-order chi connectivity index (χ1) is 7.81. The van der Waals surface area contributed by atoms with Crippen LogP contribution < -0.4 is 10.6 Å². The summed E-state index contributed by atoms with van der Waals surface area (Å²) in [6, 6.07) is 1.99. The molecule has 0 spiro atoms. The number of nitrogens with one attached hydrogen (secondary N) is 2. The van der Waals surface area contributed by atoms with Crippen LogP contribution in [-0.2, 0) is 6.42 Å². The van der Waals surface area contributed by atoms with Gasteiger partial charge in [-0.3, -0.25) is 4.79 Å². The molecule has 88 valence electrons. The third-order valence-electron chi connectivity index (χ3n) is 2.94. The molecule has 1 saturated heterocycles. The summed E-state index contributed by atoms with van der Waals surface area (Å²) in [7, 11) is 0. The number of furan rings is 1. The number of hydrogen-bond donors (Lipinski definition) is 2. The first-order valence-corrected chi connectivity index (χ1v) is 5.89. The number of hydrogen-bond acceptors (Lipinski definition) is 3. The Bertz CT molecular complexity index is 354. The lowest BCUT2D eigenvalue weighted by atomic mass is 10.1. The molecule has 16 heavy (non-hydrogen) atoms. The van der Waals surface area contributed by atoms with Crippen LogP contribution in [-0.4, -0.2) is 25.0 Å². The van der Waals surface area contributed by atoms with Crippen molar-refractivity contribution < 1.29 is 9.21 Å². The van der Waals surface area contributed by atoms with E-state index in [0.717, 1.165) is 38.1 Å². The Morgan fingerprint density at radius 1 is 1.69 bits per heavy atom. The lowest BCUT2D eigenvalue weighted by Gasteiger charge is -2.23. The number of rotatable bonds is 3. The van der Waals surface area contributed by atoms with Crippen molar-refractivity contribution in [3.8, 4) is 0 Å². The van der Waals surface area contributed by atoms with Gasteiger partial charge in [-0.15, -0.1) is 0 Å². The van der Waals surface area contributed by atoms with Gasteiger partial charge in [-0.1, -0.05) is 6.92 Å². The summed E-state index contributed by atoms with van der Waals surface area (Å²) in [6.07, 6.45) is 4.50. The number of carbonyl (C=O) groups is 1. The molecule has 0 saturated carbocycles. The lowest BCUT2D eigenvalue weighted by molar-refractivity contribution is 0.0928. The van der Waals surface area contributed by atoms with Gasteiger partial charge in [0, 0.05) is 19.0 Å². The van der Waals surface area contributed by atoms with E-state index in [9.17, 15) is 4.79 Å². The highest BCUT2D eigenvalue weighted by Crippen LogP contribution is 2.12. The zero-order valence-electron chi connectivity index (χ0n) is 9.58. The van der Waals surface area contributed by atoms with Gasteiger partial charge in [-0.05, 0) is 25.5 Å². The molecular formula is C12H18N2O2. The van der Waals surface area contributed by atoms with Crippen LogP contribution in [0.3, 0.4) is 0 Å². The van der Waals surface area contributed by atoms with Gasteiger partial charge in [0.15, 0.2) is 0 Å². The highest BCUT2D eigenvalue weighted by atomic mass is 16.3. The van der Waals surface area contributed by atoms with Crippen LogP contribution in [0.1, 0.15) is 35.9 Å². The zero-order valence-corrected chi connectivity index (χ0v) is 9.58. The van der Waals surface area contributed by atoms with Crippen LogP contribution >= 0.6 is 0 Å². The fraction of sp³-hybridized carbons (Fsp3) is 0.583. The minimum atomic E-state index is -0.0145. The highest BCUT2D eigenvalue weighted by molar-refractivity contribution is 5.95. The minimum Gasteiger partial charge on any atom is -0.469 e. The van der Waals surface area contributed by atoms with Crippen molar-refractivity contribution in [3.63, 3.8) is 0 Å². The van der Waals surface area contributed by atoms with Crippen molar-refractivity contribution in [2.24, 2.45) is 0 Å². The summed E-state index contributed by atoms with van der Waals surface area (Å²) in [5, 5.41) is 6.31. The maximum atomic E-state index is 12.0. The van der Waals surface area contributed by atoms with Crippen molar-refractivity contribution in [3.05, 3.63) is 23.7 Å². The van der Waals surface area contributed by atoms with Crippen LogP contribution in [0.4, 0.5) is 0 Å². The molecule has 1 amide bonds. The van der Waals surface area contributed by atoms with E-state index in [0.29, 0.717) is 5.56 Å². The van der Waals surface area contributed by atoms with Gasteiger partial charge in [0.25, 0.3) is 5.91 Å². The molecule has 1 fully saturated rings. The topological polar surface area (TPSA) is 54.3 Å². The molecule has 0 radical (unpaired) electrons. The van der Waals surface area contributed by atoms with E-state index in [4.69, 9.17) is 4.42 Å². The fourth-order valence-corrected chi connectivity index (χ4v) is 2.05. The Morgan fingerprint density at radius 3 is 3.25 bits per heavy atom. The summed E-state index contributed by atoms with van der Waals surface area (Å²) in [5.74, 6) is 0.751. The summed E-state index contributed by atoms with van der Waals surface area (Å²) in [5.41, 5.74) is 0.674. The molecule has 1 atom stereocenters. The number of carbonyl (C=O) groups excluding carboxylic acids is 1. The molecule has 1 aliphatic rings. The average Bonchev–Trinajstić information content (AvgIpc) is 2.78. The molecule has 0 bridgehead atoms. The Balaban J connectivity index is 1.96. The first-order valence-electron chi connectivity index (χ1n) is 5.89. The summed E-state index contributed by atoms with van der Waals surface area (Å²) >= 11 is 0. The van der Waals surface area contributed by atoms with Gasteiger partial charge >= 0.3 is 0 Å². The summed E-state index contributed by atoms with van der Waals surface area (Å²) in [4.78, 5) is 12.0. The van der Waals surface area contributed by atoms with E-state index in [1.165, 1.54) is 0 Å². The molecule has 2 heterocycles. The quantitative estimate of drug-likeness (QED) is 0.811. The molecule has 0 aliphatic carbocycles. The number of piperidine rings is 1. The average molecular weight is 222 g/mol. The van der Waals surface area contributed by atoms with Gasteiger partial charge in [-0.2, -0.15) is 0 Å². The van der Waals surface area contributed by atoms with E-state index in [1.807, 2.05) is 6.92 Å². The van der Waals surface area contributed by atoms with E-state index in [-0.39, 0.29) is 11.9 Å². The van der Waals surface area contributed by atoms with Gasteiger partial charge in [0.2, 0.25) is 0 Å². The maximum Gasteiger partial charge on any atom is 0.255 e. The van der Waals surface area contributed by atoms with E-state index in [2.05, 4.69) is 10.6 Å². The number of aryl methyl sites for hydroxylation is 1. The molecule has 1 aromatic rings. The third kappa shape index (κ3) is 2.44. The SMILES string of the molecule is CCc1occc1C(=O)NC1CCCNC1. The molecule has 4 heteroatoms. The molecule has 2 rings (SSSR count). The highest BCUT2D eigenvalue weighted by Gasteiger charge is 2.19. The van der Waals surface area contributed by atoms with Crippen molar-refractivity contribution >= 4 is 5.91 Å². The van der Waals surface area contributed by atoms with E-state index in [1.54, 1.807) is 12.3 Å². The van der Waals surface area contributed by atoms with Crippen LogP contribution in [0, 0.1) is 0 Å². The zero-order chi connectivity index (χ0) is 11.4. The van der Waals surface area contributed by atoms with Crippen LogP contribution in [0.15, 0.2) is 16.7 Å². The minimum absolute atomic E-state index is 0.0145. The first kappa shape index (κ1) is 11.2. The largest absolute Gasteiger partial charge is 0.469 e. The second-order valence-corrected chi connectivity index (χ2v) is 4.13. The predicted octanol–water partition coefficient (Wildman–Crippen LogP) is 1.32. The monoisotopic (exact) mass is 222 g/mol. The Kier molecular flexibility index (Phi) is 3.62. The molecule has 1 aromatic heterocycles. The lowest BCUT2D eigenvalue weighted by Crippen LogP contribution is -2.45. The Labute approximate surface area is 95.4 Å². The maximum absolute atomic E-state index is 12.0. The van der Waals surface area contributed by atoms with Crippen LogP contribution in [0.2, 0.25) is 0 Å². The van der Waals surface area contributed by atoms with Gasteiger partial charge < -0.3 is 15.1 Å². The molecule has 0 aromatic carbocycles. The van der Waals surface area contributed by atoms with Crippen molar-refractivity contribution in [2.75, 3.05) is 13.1 Å². The second-order valence-electron chi connectivity index (χ2n) is 4.13. The predicted molar refractivity (Wildman–Crippen MR) is 61.4 cm³/mol. The van der Waals surface area contributed by atoms with Gasteiger partial charge in [0.05, 0.1) is 11.8 Å². The number of amides is 1. The van der Waals surface area contributed by atoms with Crippen LogP contribution in [0.5, 0.6) is 0 Å². The van der Waals surface area contributed by atoms with Crippen molar-refractivity contribution in [2.45, 2.75) is 32.2 Å². The molecule has 4 nitrogen and oxygen atoms in total. The molecule has 1 unspecified atom stereocenters. The van der Waals surface area contributed by atoms with E-state index >= 15 is 0 Å². The van der Waals surface area contributed by atoms with Gasteiger partial charge in [0.1, 0.15) is 5.76 Å². The smallest absolute Gasteiger partial charge is 0.255 e. The molecule has 1 aliphatic heterocycles. The van der Waals surface area contributed by atoms with E-state index < -0.39 is 0 Å². The fourth-order valence-electron chi connectivity index (χ4n) is 2.05. The van der Waals surface area contributed by atoms with Gasteiger partial charge in [-0.25, -0.2) is 0 Å². The Hall–Kier alpha value is -1.29. The Morgan fingerprint density at radius 2 is 2.56 bits per heavy atom. The normalized spacial score (nSPS) is 20.7. The third-order valence-corrected chi connectivity index (χ3v) is 2.94. The standard InChI is InChI=1S/C12H18N2O2/c1-2-11-10(5-7-16-11)12(15)14-9-4-3-6-13-8-9/h5,7,9,13H,2-4,6,8H2,1H3,(H,14,15). The van der Waals surface area contributed by atoms with Crippen molar-refractivity contribution in [1.29, 1.82) is 0 Å². The second kappa shape index (κ2) is 5.16.